The fourth-order valence-electron chi connectivity index (χ4n) is 3.32. The number of anilines is 2. The van der Waals surface area contributed by atoms with E-state index in [1.807, 2.05) is 39.0 Å². The topological polar surface area (TPSA) is 101 Å². The van der Waals surface area contributed by atoms with Gasteiger partial charge in [-0.05, 0) is 47.9 Å². The van der Waals surface area contributed by atoms with Gasteiger partial charge in [0.05, 0.1) is 36.2 Å². The van der Waals surface area contributed by atoms with Gasteiger partial charge in [0.2, 0.25) is 5.88 Å². The van der Waals surface area contributed by atoms with Crippen LogP contribution >= 0.6 is 24.0 Å². The summed E-state index contributed by atoms with van der Waals surface area (Å²) in [5, 5.41) is 16.0. The number of methoxy groups -OCH3 is 1. The summed E-state index contributed by atoms with van der Waals surface area (Å²) in [4.78, 5) is 30.6. The normalized spacial score (nSPS) is 11.0. The van der Waals surface area contributed by atoms with Crippen molar-refractivity contribution in [3.05, 3.63) is 71.9 Å². The van der Waals surface area contributed by atoms with Crippen molar-refractivity contribution in [1.29, 1.82) is 0 Å². The molecule has 0 atom stereocenters. The number of hydrogen-bond acceptors (Lipinski definition) is 7. The first-order valence-corrected chi connectivity index (χ1v) is 12.6. The van der Waals surface area contributed by atoms with E-state index in [1.165, 1.54) is 24.9 Å². The summed E-state index contributed by atoms with van der Waals surface area (Å²) in [5.41, 5.74) is 2.17. The summed E-state index contributed by atoms with van der Waals surface area (Å²) in [5.74, 6) is 0.607. The number of Topliss-reactive ketones (excluding diaryl/α,β-unsaturated/α-hetero) is 1. The number of nitrogens with one attached hydrogen (secondary N) is 2. The van der Waals surface area contributed by atoms with Crippen molar-refractivity contribution in [1.82, 2.24) is 4.98 Å². The molecule has 0 aliphatic rings. The van der Waals surface area contributed by atoms with Gasteiger partial charge in [-0.2, -0.15) is 0 Å². The lowest BCUT2D eigenvalue weighted by Crippen LogP contribution is -2.16. The number of rotatable bonds is 9. The highest BCUT2D eigenvalue weighted by Crippen LogP contribution is 2.31. The van der Waals surface area contributed by atoms with Gasteiger partial charge < -0.3 is 20.5 Å². The van der Waals surface area contributed by atoms with Gasteiger partial charge in [-0.25, -0.2) is 4.98 Å². The molecule has 0 radical (unpaired) electrons. The molecule has 0 saturated heterocycles. The van der Waals surface area contributed by atoms with Crippen molar-refractivity contribution in [2.45, 2.75) is 37.5 Å². The number of pyridine rings is 1. The Morgan fingerprint density at radius 1 is 1.06 bits per heavy atom. The summed E-state index contributed by atoms with van der Waals surface area (Å²) in [7, 11) is 1.54. The first kappa shape index (κ1) is 27.2. The highest BCUT2D eigenvalue weighted by molar-refractivity contribution is 8.00. The van der Waals surface area contributed by atoms with E-state index in [4.69, 9.17) is 17.0 Å². The highest BCUT2D eigenvalue weighted by atomic mass is 32.2. The Morgan fingerprint density at radius 2 is 1.83 bits per heavy atom. The minimum Gasteiger partial charge on any atom is -0.508 e. The second-order valence-electron chi connectivity index (χ2n) is 9.11. The lowest BCUT2D eigenvalue weighted by atomic mass is 9.85. The summed E-state index contributed by atoms with van der Waals surface area (Å²) in [6, 6.07) is 15.6. The number of phenolic OH excluding ortho intramolecular Hbond substituents is 1. The molecular formula is C27H29N3O4S2. The molecule has 3 rings (SSSR count). The van der Waals surface area contributed by atoms with Crippen LogP contribution in [0.1, 0.15) is 43.1 Å². The summed E-state index contributed by atoms with van der Waals surface area (Å²) < 4.78 is 5.02. The Morgan fingerprint density at radius 3 is 2.50 bits per heavy atom. The van der Waals surface area contributed by atoms with Gasteiger partial charge >= 0.3 is 0 Å². The SMILES string of the molecule is COc1ccc(NC(=S)CC(=O)CSc2cccc(NC(=O)c3ccc(O)c(C(C)(C)C)c3)c2)cn1. The third-order valence-electron chi connectivity index (χ3n) is 5.15. The number of ketones is 1. The monoisotopic (exact) mass is 523 g/mol. The first-order valence-electron chi connectivity index (χ1n) is 11.2. The van der Waals surface area contributed by atoms with Crippen LogP contribution in [0.3, 0.4) is 0 Å². The predicted octanol–water partition coefficient (Wildman–Crippen LogP) is 5.84. The van der Waals surface area contributed by atoms with E-state index in [1.54, 1.807) is 36.5 Å². The maximum atomic E-state index is 12.8. The largest absolute Gasteiger partial charge is 0.508 e. The molecule has 0 unspecified atom stereocenters. The Balaban J connectivity index is 1.54. The van der Waals surface area contributed by atoms with E-state index in [2.05, 4.69) is 15.6 Å². The molecule has 0 bridgehead atoms. The number of thioether (sulfide) groups is 1. The van der Waals surface area contributed by atoms with Crippen molar-refractivity contribution < 1.29 is 19.4 Å². The number of hydrogen-bond donors (Lipinski definition) is 3. The number of ether oxygens (including phenoxy) is 1. The van der Waals surface area contributed by atoms with Crippen LogP contribution in [-0.4, -0.2) is 39.6 Å². The lowest BCUT2D eigenvalue weighted by Gasteiger charge is -2.21. The number of benzene rings is 2. The molecule has 0 aliphatic heterocycles. The number of aromatic hydroxyl groups is 1. The number of phenols is 1. The summed E-state index contributed by atoms with van der Waals surface area (Å²) in [6.45, 7) is 5.93. The lowest BCUT2D eigenvalue weighted by molar-refractivity contribution is -0.115. The van der Waals surface area contributed by atoms with E-state index in [-0.39, 0.29) is 35.0 Å². The highest BCUT2D eigenvalue weighted by Gasteiger charge is 2.20. The molecule has 1 aromatic heterocycles. The molecule has 2 aromatic carbocycles. The van der Waals surface area contributed by atoms with Crippen molar-refractivity contribution >= 4 is 52.0 Å². The van der Waals surface area contributed by atoms with Crippen LogP contribution in [0.15, 0.2) is 65.7 Å². The number of aromatic nitrogens is 1. The molecule has 0 spiro atoms. The van der Waals surface area contributed by atoms with Crippen LogP contribution in [0, 0.1) is 0 Å². The maximum absolute atomic E-state index is 12.8. The second kappa shape index (κ2) is 12.0. The van der Waals surface area contributed by atoms with Crippen molar-refractivity contribution in [3.8, 4) is 11.6 Å². The van der Waals surface area contributed by atoms with Gasteiger partial charge in [-0.15, -0.1) is 11.8 Å². The minimum atomic E-state index is -0.299. The van der Waals surface area contributed by atoms with Crippen LogP contribution in [0.2, 0.25) is 0 Å². The van der Waals surface area contributed by atoms with E-state index in [0.29, 0.717) is 33.4 Å². The first-order chi connectivity index (χ1) is 17.0. The number of thiocarbonyl (C=S) groups is 1. The number of nitrogens with zero attached hydrogens (tertiary/aromatic N) is 1. The Labute approximate surface area is 220 Å². The summed E-state index contributed by atoms with van der Waals surface area (Å²) in [6.07, 6.45) is 1.70. The average molecular weight is 524 g/mol. The fourth-order valence-corrected chi connectivity index (χ4v) is 4.41. The van der Waals surface area contributed by atoms with Crippen LogP contribution in [0.25, 0.3) is 0 Å². The predicted molar refractivity (Wildman–Crippen MR) is 149 cm³/mol. The minimum absolute atomic E-state index is 0.0211. The number of amides is 1. The van der Waals surface area contributed by atoms with E-state index in [9.17, 15) is 14.7 Å². The van der Waals surface area contributed by atoms with Crippen LogP contribution in [-0.2, 0) is 10.2 Å². The molecule has 3 aromatic rings. The van der Waals surface area contributed by atoms with E-state index >= 15 is 0 Å². The number of carbonyl (C=O) groups excluding carboxylic acids is 2. The molecule has 1 heterocycles. The summed E-state index contributed by atoms with van der Waals surface area (Å²) >= 11 is 6.67. The Bertz CT molecular complexity index is 1250. The van der Waals surface area contributed by atoms with Gasteiger partial charge in [0.15, 0.2) is 0 Å². The van der Waals surface area contributed by atoms with Gasteiger partial charge in [0.1, 0.15) is 11.5 Å². The molecular weight excluding hydrogens is 494 g/mol. The third kappa shape index (κ3) is 7.79. The van der Waals surface area contributed by atoms with Crippen molar-refractivity contribution in [2.24, 2.45) is 0 Å². The Hall–Kier alpha value is -3.43. The van der Waals surface area contributed by atoms with Crippen LogP contribution < -0.4 is 15.4 Å². The number of carbonyl (C=O) groups is 2. The van der Waals surface area contributed by atoms with Crippen molar-refractivity contribution in [3.63, 3.8) is 0 Å². The molecule has 3 N–H and O–H groups in total. The zero-order chi connectivity index (χ0) is 26.3. The molecule has 7 nitrogen and oxygen atoms in total. The van der Waals surface area contributed by atoms with E-state index in [0.717, 1.165) is 4.90 Å². The maximum Gasteiger partial charge on any atom is 0.255 e. The molecule has 0 aliphatic carbocycles. The van der Waals surface area contributed by atoms with Crippen LogP contribution in [0.5, 0.6) is 11.6 Å². The smallest absolute Gasteiger partial charge is 0.255 e. The van der Waals surface area contributed by atoms with E-state index < -0.39 is 0 Å². The molecule has 1 amide bonds. The second-order valence-corrected chi connectivity index (χ2v) is 10.6. The van der Waals surface area contributed by atoms with Crippen molar-refractivity contribution in [2.75, 3.05) is 23.5 Å². The zero-order valence-electron chi connectivity index (χ0n) is 20.6. The van der Waals surface area contributed by atoms with Gasteiger partial charge in [-0.3, -0.25) is 9.59 Å². The van der Waals surface area contributed by atoms with Gasteiger partial charge in [-0.1, -0.05) is 39.1 Å². The third-order valence-corrected chi connectivity index (χ3v) is 6.45. The quantitative estimate of drug-likeness (QED) is 0.238. The van der Waals surface area contributed by atoms with Crippen LogP contribution in [0.4, 0.5) is 11.4 Å². The zero-order valence-corrected chi connectivity index (χ0v) is 22.3. The fraction of sp³-hybridized carbons (Fsp3) is 0.259. The Kier molecular flexibility index (Phi) is 9.06. The average Bonchev–Trinajstić information content (AvgIpc) is 2.83. The molecule has 0 fully saturated rings. The standard InChI is InChI=1S/C27H29N3O4S2/c1-27(2,3)22-12-17(8-10-23(22)32)26(33)30-18-6-5-7-21(13-18)36-16-20(31)14-25(35)29-19-9-11-24(34-4)28-15-19/h5-13,15,32H,14,16H2,1-4H3,(H,29,35)(H,30,33). The van der Waals surface area contributed by atoms with Gasteiger partial charge in [0.25, 0.3) is 5.91 Å². The molecule has 188 valence electrons. The van der Waals surface area contributed by atoms with Gasteiger partial charge in [0, 0.05) is 27.8 Å². The molecule has 9 heteroatoms. The molecule has 36 heavy (non-hydrogen) atoms. The molecule has 0 saturated carbocycles.